The third-order valence-electron chi connectivity index (χ3n) is 4.58. The lowest BCUT2D eigenvalue weighted by Gasteiger charge is -2.17. The predicted molar refractivity (Wildman–Crippen MR) is 111 cm³/mol. The molecule has 4 heteroatoms. The summed E-state index contributed by atoms with van der Waals surface area (Å²) in [5, 5.41) is 0.526. The summed E-state index contributed by atoms with van der Waals surface area (Å²) in [5.74, 6) is 1.76. The molecule has 0 bridgehead atoms. The number of methoxy groups -OCH3 is 1. The van der Waals surface area contributed by atoms with Gasteiger partial charge in [-0.25, -0.2) is 0 Å². The number of aliphatic imine (C=N–C) groups is 1. The standard InChI is InChI=1S/C22H28ClNO2/c1-6-15(3)18-8-10-19(11-9-18)24-14-17-12-20(23)22(21(13-17)25-5)26-16(4)7-2/h8-16H,6-7H2,1-5H3/t15-,16-/m0/s1. The highest BCUT2D eigenvalue weighted by atomic mass is 35.5. The van der Waals surface area contributed by atoms with Crippen LogP contribution in [0.15, 0.2) is 41.4 Å². The van der Waals surface area contributed by atoms with E-state index in [2.05, 4.69) is 37.9 Å². The summed E-state index contributed by atoms with van der Waals surface area (Å²) in [6.45, 7) is 8.50. The Balaban J connectivity index is 2.21. The second kappa shape index (κ2) is 9.63. The summed E-state index contributed by atoms with van der Waals surface area (Å²) >= 11 is 6.40. The second-order valence-corrected chi connectivity index (χ2v) is 6.94. The lowest BCUT2D eigenvalue weighted by molar-refractivity contribution is 0.208. The number of benzene rings is 2. The van der Waals surface area contributed by atoms with Crippen molar-refractivity contribution in [1.29, 1.82) is 0 Å². The van der Waals surface area contributed by atoms with E-state index in [4.69, 9.17) is 21.1 Å². The van der Waals surface area contributed by atoms with Gasteiger partial charge in [0.15, 0.2) is 11.5 Å². The molecule has 0 aliphatic carbocycles. The lowest BCUT2D eigenvalue weighted by Crippen LogP contribution is -2.11. The van der Waals surface area contributed by atoms with Crippen LogP contribution in [0.1, 0.15) is 57.6 Å². The van der Waals surface area contributed by atoms with Gasteiger partial charge in [-0.2, -0.15) is 0 Å². The normalized spacial score (nSPS) is 13.6. The van der Waals surface area contributed by atoms with Crippen molar-refractivity contribution in [2.24, 2.45) is 4.99 Å². The maximum absolute atomic E-state index is 6.40. The number of hydrogen-bond acceptors (Lipinski definition) is 3. The van der Waals surface area contributed by atoms with Crippen LogP contribution >= 0.6 is 11.6 Å². The van der Waals surface area contributed by atoms with Crippen LogP contribution < -0.4 is 9.47 Å². The zero-order valence-corrected chi connectivity index (χ0v) is 17.0. The van der Waals surface area contributed by atoms with Crippen LogP contribution in [0.3, 0.4) is 0 Å². The van der Waals surface area contributed by atoms with Crippen LogP contribution in [-0.4, -0.2) is 19.4 Å². The molecule has 2 rings (SSSR count). The van der Waals surface area contributed by atoms with Gasteiger partial charge in [0.25, 0.3) is 0 Å². The van der Waals surface area contributed by atoms with Crippen molar-refractivity contribution < 1.29 is 9.47 Å². The molecule has 2 atom stereocenters. The van der Waals surface area contributed by atoms with E-state index in [1.807, 2.05) is 31.2 Å². The van der Waals surface area contributed by atoms with Crippen molar-refractivity contribution in [3.63, 3.8) is 0 Å². The van der Waals surface area contributed by atoms with Gasteiger partial charge in [-0.1, -0.05) is 44.5 Å². The van der Waals surface area contributed by atoms with E-state index in [9.17, 15) is 0 Å². The Hall–Kier alpha value is -2.00. The summed E-state index contributed by atoms with van der Waals surface area (Å²) in [7, 11) is 1.61. The molecule has 0 aliphatic heterocycles. The molecular formula is C22H28ClNO2. The third kappa shape index (κ3) is 5.25. The molecule has 2 aromatic rings. The molecule has 0 unspecified atom stereocenters. The van der Waals surface area contributed by atoms with E-state index >= 15 is 0 Å². The summed E-state index contributed by atoms with van der Waals surface area (Å²) < 4.78 is 11.3. The van der Waals surface area contributed by atoms with E-state index in [0.717, 1.165) is 24.1 Å². The minimum absolute atomic E-state index is 0.0740. The smallest absolute Gasteiger partial charge is 0.180 e. The molecule has 0 aliphatic rings. The fourth-order valence-corrected chi connectivity index (χ4v) is 2.75. The topological polar surface area (TPSA) is 30.8 Å². The zero-order valence-electron chi connectivity index (χ0n) is 16.3. The van der Waals surface area contributed by atoms with Crippen LogP contribution in [0.4, 0.5) is 5.69 Å². The number of halogens is 1. The Labute approximate surface area is 162 Å². The molecule has 0 spiro atoms. The number of hydrogen-bond donors (Lipinski definition) is 0. The molecule has 0 saturated heterocycles. The molecule has 0 radical (unpaired) electrons. The van der Waals surface area contributed by atoms with Gasteiger partial charge >= 0.3 is 0 Å². The first kappa shape index (κ1) is 20.3. The summed E-state index contributed by atoms with van der Waals surface area (Å²) in [5.41, 5.74) is 3.11. The molecule has 3 nitrogen and oxygen atoms in total. The van der Waals surface area contributed by atoms with Gasteiger partial charge in [0, 0.05) is 6.21 Å². The van der Waals surface area contributed by atoms with Crippen molar-refractivity contribution in [2.45, 2.75) is 52.6 Å². The van der Waals surface area contributed by atoms with Crippen LogP contribution in [-0.2, 0) is 0 Å². The minimum Gasteiger partial charge on any atom is -0.493 e. The van der Waals surface area contributed by atoms with E-state index in [1.165, 1.54) is 5.56 Å². The summed E-state index contributed by atoms with van der Waals surface area (Å²) in [6.07, 6.45) is 3.89. The Bertz CT molecular complexity index is 741. The van der Waals surface area contributed by atoms with Gasteiger partial charge in [0.05, 0.1) is 23.9 Å². The molecule has 140 valence electrons. The molecule has 0 heterocycles. The first-order valence-electron chi connectivity index (χ1n) is 9.16. The molecule has 26 heavy (non-hydrogen) atoms. The highest BCUT2D eigenvalue weighted by molar-refractivity contribution is 6.32. The molecule has 0 amide bonds. The maximum Gasteiger partial charge on any atom is 0.180 e. The molecule has 0 aromatic heterocycles. The van der Waals surface area contributed by atoms with Crippen LogP contribution in [0, 0.1) is 0 Å². The average Bonchev–Trinajstić information content (AvgIpc) is 2.67. The fraction of sp³-hybridized carbons (Fsp3) is 0.409. The summed E-state index contributed by atoms with van der Waals surface area (Å²) in [4.78, 5) is 4.55. The summed E-state index contributed by atoms with van der Waals surface area (Å²) in [6, 6.07) is 12.1. The first-order chi connectivity index (χ1) is 12.5. The highest BCUT2D eigenvalue weighted by Gasteiger charge is 2.14. The minimum atomic E-state index is 0.0740. The largest absolute Gasteiger partial charge is 0.493 e. The van der Waals surface area contributed by atoms with E-state index in [0.29, 0.717) is 22.4 Å². The van der Waals surface area contributed by atoms with Crippen LogP contribution in [0.25, 0.3) is 0 Å². The van der Waals surface area contributed by atoms with Gasteiger partial charge < -0.3 is 9.47 Å². The quantitative estimate of drug-likeness (QED) is 0.477. The molecule has 0 N–H and O–H groups in total. The fourth-order valence-electron chi connectivity index (χ4n) is 2.49. The maximum atomic E-state index is 6.40. The van der Waals surface area contributed by atoms with Crippen LogP contribution in [0.5, 0.6) is 11.5 Å². The third-order valence-corrected chi connectivity index (χ3v) is 4.86. The van der Waals surface area contributed by atoms with Gasteiger partial charge in [0.2, 0.25) is 0 Å². The number of ether oxygens (including phenoxy) is 2. The van der Waals surface area contributed by atoms with Crippen molar-refractivity contribution in [3.05, 3.63) is 52.5 Å². The lowest BCUT2D eigenvalue weighted by atomic mass is 9.99. The van der Waals surface area contributed by atoms with Gasteiger partial charge in [-0.3, -0.25) is 4.99 Å². The first-order valence-corrected chi connectivity index (χ1v) is 9.54. The molecule has 0 saturated carbocycles. The SMILES string of the molecule is CC[C@H](C)Oc1c(Cl)cc(C=Nc2ccc([C@@H](C)CC)cc2)cc1OC. The molecular weight excluding hydrogens is 346 g/mol. The van der Waals surface area contributed by atoms with Gasteiger partial charge in [-0.05, 0) is 61.1 Å². The molecule has 2 aromatic carbocycles. The van der Waals surface area contributed by atoms with Crippen molar-refractivity contribution in [3.8, 4) is 11.5 Å². The van der Waals surface area contributed by atoms with Gasteiger partial charge in [-0.15, -0.1) is 0 Å². The Morgan fingerprint density at radius 3 is 2.35 bits per heavy atom. The van der Waals surface area contributed by atoms with Gasteiger partial charge in [0.1, 0.15) is 0 Å². The van der Waals surface area contributed by atoms with Crippen molar-refractivity contribution in [2.75, 3.05) is 7.11 Å². The van der Waals surface area contributed by atoms with Crippen LogP contribution in [0.2, 0.25) is 5.02 Å². The second-order valence-electron chi connectivity index (χ2n) is 6.53. The zero-order chi connectivity index (χ0) is 19.1. The van der Waals surface area contributed by atoms with Crippen molar-refractivity contribution >= 4 is 23.5 Å². The number of nitrogens with zero attached hydrogens (tertiary/aromatic N) is 1. The Kier molecular flexibility index (Phi) is 7.52. The Morgan fingerprint density at radius 1 is 1.08 bits per heavy atom. The Morgan fingerprint density at radius 2 is 1.77 bits per heavy atom. The van der Waals surface area contributed by atoms with E-state index < -0.39 is 0 Å². The monoisotopic (exact) mass is 373 g/mol. The van der Waals surface area contributed by atoms with Crippen molar-refractivity contribution in [1.82, 2.24) is 0 Å². The molecule has 0 fully saturated rings. The van der Waals surface area contributed by atoms with E-state index in [-0.39, 0.29) is 6.10 Å². The predicted octanol–water partition coefficient (Wildman–Crippen LogP) is 6.79. The highest BCUT2D eigenvalue weighted by Crippen LogP contribution is 2.37. The van der Waals surface area contributed by atoms with E-state index in [1.54, 1.807) is 13.3 Å². The number of rotatable bonds is 8. The average molecular weight is 374 g/mol.